The van der Waals surface area contributed by atoms with Gasteiger partial charge in [-0.05, 0) is 69.0 Å². The van der Waals surface area contributed by atoms with E-state index in [9.17, 15) is 0 Å². The van der Waals surface area contributed by atoms with Crippen molar-refractivity contribution in [2.45, 2.75) is 46.5 Å². The van der Waals surface area contributed by atoms with Gasteiger partial charge in [-0.25, -0.2) is 0 Å². The molecule has 2 aliphatic heterocycles. The first-order valence-corrected chi connectivity index (χ1v) is 8.10. The number of likely N-dealkylation sites (tertiary alicyclic amines) is 1. The first-order chi connectivity index (χ1) is 8.66. The highest BCUT2D eigenvalue weighted by molar-refractivity contribution is 4.80. The van der Waals surface area contributed by atoms with E-state index in [2.05, 4.69) is 31.0 Å². The third-order valence-electron chi connectivity index (χ3n) is 5.22. The van der Waals surface area contributed by atoms with E-state index in [1.807, 2.05) is 0 Å². The number of nitrogens with one attached hydrogen (secondary N) is 1. The summed E-state index contributed by atoms with van der Waals surface area (Å²) in [5.74, 6) is 3.66. The van der Waals surface area contributed by atoms with Crippen LogP contribution in [0, 0.1) is 23.7 Å². The van der Waals surface area contributed by atoms with Gasteiger partial charge in [-0.3, -0.25) is 0 Å². The molecule has 0 aromatic heterocycles. The van der Waals surface area contributed by atoms with Crippen molar-refractivity contribution in [3.8, 4) is 0 Å². The quantitative estimate of drug-likeness (QED) is 0.827. The Kier molecular flexibility index (Phi) is 5.50. The molecule has 0 aromatic carbocycles. The van der Waals surface area contributed by atoms with Gasteiger partial charge in [0.25, 0.3) is 0 Å². The van der Waals surface area contributed by atoms with Crippen LogP contribution in [-0.4, -0.2) is 37.6 Å². The summed E-state index contributed by atoms with van der Waals surface area (Å²) in [6, 6.07) is 0. The van der Waals surface area contributed by atoms with Crippen molar-refractivity contribution < 1.29 is 0 Å². The zero-order chi connectivity index (χ0) is 13.0. The molecule has 0 aliphatic carbocycles. The van der Waals surface area contributed by atoms with E-state index in [4.69, 9.17) is 0 Å². The molecule has 2 atom stereocenters. The summed E-state index contributed by atoms with van der Waals surface area (Å²) < 4.78 is 0. The highest BCUT2D eigenvalue weighted by Gasteiger charge is 2.26. The van der Waals surface area contributed by atoms with Gasteiger partial charge in [-0.15, -0.1) is 0 Å². The van der Waals surface area contributed by atoms with Gasteiger partial charge < -0.3 is 10.2 Å². The van der Waals surface area contributed by atoms with Crippen LogP contribution < -0.4 is 5.32 Å². The van der Waals surface area contributed by atoms with E-state index in [1.54, 1.807) is 0 Å². The largest absolute Gasteiger partial charge is 0.317 e. The summed E-state index contributed by atoms with van der Waals surface area (Å²) in [6.07, 6.45) is 5.66. The second-order valence-electron chi connectivity index (χ2n) is 6.97. The lowest BCUT2D eigenvalue weighted by Gasteiger charge is -2.38. The molecule has 0 spiro atoms. The highest BCUT2D eigenvalue weighted by atomic mass is 15.1. The maximum Gasteiger partial charge on any atom is 0.00122 e. The molecule has 2 aliphatic rings. The van der Waals surface area contributed by atoms with Crippen LogP contribution in [0.3, 0.4) is 0 Å². The molecule has 1 unspecified atom stereocenters. The number of rotatable bonds is 4. The first kappa shape index (κ1) is 14.3. The Labute approximate surface area is 114 Å². The number of hydrogen-bond acceptors (Lipinski definition) is 2. The standard InChI is InChI=1S/C16H32N2/c1-13(2)16-5-4-10-18(12-16)11-14(3)15-6-8-17-9-7-15/h13-17H,4-12H2,1-3H3/t14-,16?/m0/s1. The van der Waals surface area contributed by atoms with Gasteiger partial charge in [-0.1, -0.05) is 20.8 Å². The van der Waals surface area contributed by atoms with Crippen LogP contribution >= 0.6 is 0 Å². The maximum atomic E-state index is 3.48. The summed E-state index contributed by atoms with van der Waals surface area (Å²) in [7, 11) is 0. The van der Waals surface area contributed by atoms with Crippen molar-refractivity contribution in [3.05, 3.63) is 0 Å². The summed E-state index contributed by atoms with van der Waals surface area (Å²) in [5, 5.41) is 3.48. The highest BCUT2D eigenvalue weighted by Crippen LogP contribution is 2.27. The Bertz CT molecular complexity index is 233. The van der Waals surface area contributed by atoms with Gasteiger partial charge in [0.05, 0.1) is 0 Å². The molecule has 0 radical (unpaired) electrons. The monoisotopic (exact) mass is 252 g/mol. The van der Waals surface area contributed by atoms with Crippen LogP contribution in [-0.2, 0) is 0 Å². The molecule has 2 fully saturated rings. The minimum absolute atomic E-state index is 0.863. The average molecular weight is 252 g/mol. The zero-order valence-electron chi connectivity index (χ0n) is 12.6. The maximum absolute atomic E-state index is 3.48. The molecule has 2 heteroatoms. The van der Waals surface area contributed by atoms with Crippen molar-refractivity contribution in [2.24, 2.45) is 23.7 Å². The summed E-state index contributed by atoms with van der Waals surface area (Å²) in [6.45, 7) is 13.8. The Hall–Kier alpha value is -0.0800. The lowest BCUT2D eigenvalue weighted by atomic mass is 9.84. The van der Waals surface area contributed by atoms with E-state index in [0.717, 1.165) is 23.7 Å². The fraction of sp³-hybridized carbons (Fsp3) is 1.00. The molecule has 0 bridgehead atoms. The summed E-state index contributed by atoms with van der Waals surface area (Å²) in [5.41, 5.74) is 0. The number of piperidine rings is 2. The number of nitrogens with zero attached hydrogens (tertiary/aromatic N) is 1. The second kappa shape index (κ2) is 6.91. The van der Waals surface area contributed by atoms with E-state index in [0.29, 0.717) is 0 Å². The summed E-state index contributed by atoms with van der Waals surface area (Å²) >= 11 is 0. The normalized spacial score (nSPS) is 29.7. The third-order valence-corrected chi connectivity index (χ3v) is 5.22. The Morgan fingerprint density at radius 2 is 1.78 bits per heavy atom. The molecule has 1 N–H and O–H groups in total. The van der Waals surface area contributed by atoms with Gasteiger partial charge in [0.2, 0.25) is 0 Å². The SMILES string of the molecule is CC(C)C1CCCN(C[C@H](C)C2CCNCC2)C1. The smallest absolute Gasteiger partial charge is 0.00122 e. The van der Waals surface area contributed by atoms with Crippen LogP contribution in [0.25, 0.3) is 0 Å². The fourth-order valence-electron chi connectivity index (χ4n) is 3.77. The van der Waals surface area contributed by atoms with E-state index in [1.165, 1.54) is 58.4 Å². The molecule has 2 nitrogen and oxygen atoms in total. The molecule has 2 rings (SSSR count). The molecule has 0 aromatic rings. The molecular formula is C16H32N2. The van der Waals surface area contributed by atoms with Crippen molar-refractivity contribution in [1.82, 2.24) is 10.2 Å². The van der Waals surface area contributed by atoms with Gasteiger partial charge in [0.1, 0.15) is 0 Å². The zero-order valence-corrected chi connectivity index (χ0v) is 12.6. The number of hydrogen-bond donors (Lipinski definition) is 1. The minimum Gasteiger partial charge on any atom is -0.317 e. The van der Waals surface area contributed by atoms with Crippen LogP contribution in [0.5, 0.6) is 0 Å². The van der Waals surface area contributed by atoms with Crippen molar-refractivity contribution in [3.63, 3.8) is 0 Å². The second-order valence-corrected chi connectivity index (χ2v) is 6.97. The van der Waals surface area contributed by atoms with Gasteiger partial charge in [-0.2, -0.15) is 0 Å². The molecule has 106 valence electrons. The average Bonchev–Trinajstić information content (AvgIpc) is 2.40. The Morgan fingerprint density at radius 3 is 2.44 bits per heavy atom. The van der Waals surface area contributed by atoms with E-state index < -0.39 is 0 Å². The fourth-order valence-corrected chi connectivity index (χ4v) is 3.77. The lowest BCUT2D eigenvalue weighted by molar-refractivity contribution is 0.110. The van der Waals surface area contributed by atoms with Crippen LogP contribution in [0.15, 0.2) is 0 Å². The van der Waals surface area contributed by atoms with Gasteiger partial charge >= 0.3 is 0 Å². The molecular weight excluding hydrogens is 220 g/mol. The van der Waals surface area contributed by atoms with E-state index >= 15 is 0 Å². The predicted octanol–water partition coefficient (Wildman–Crippen LogP) is 2.99. The van der Waals surface area contributed by atoms with Crippen molar-refractivity contribution >= 4 is 0 Å². The molecule has 0 saturated carbocycles. The lowest BCUT2D eigenvalue weighted by Crippen LogP contribution is -2.42. The first-order valence-electron chi connectivity index (χ1n) is 8.10. The third kappa shape index (κ3) is 3.96. The minimum atomic E-state index is 0.863. The molecule has 2 saturated heterocycles. The Morgan fingerprint density at radius 1 is 1.06 bits per heavy atom. The van der Waals surface area contributed by atoms with Gasteiger partial charge in [0.15, 0.2) is 0 Å². The molecule has 2 heterocycles. The van der Waals surface area contributed by atoms with Crippen molar-refractivity contribution in [1.29, 1.82) is 0 Å². The Balaban J connectivity index is 1.77. The van der Waals surface area contributed by atoms with Gasteiger partial charge in [0, 0.05) is 13.1 Å². The van der Waals surface area contributed by atoms with E-state index in [-0.39, 0.29) is 0 Å². The van der Waals surface area contributed by atoms with Crippen LogP contribution in [0.1, 0.15) is 46.5 Å². The topological polar surface area (TPSA) is 15.3 Å². The molecule has 18 heavy (non-hydrogen) atoms. The predicted molar refractivity (Wildman–Crippen MR) is 78.8 cm³/mol. The van der Waals surface area contributed by atoms with Crippen LogP contribution in [0.4, 0.5) is 0 Å². The summed E-state index contributed by atoms with van der Waals surface area (Å²) in [4.78, 5) is 2.75. The van der Waals surface area contributed by atoms with Crippen molar-refractivity contribution in [2.75, 3.05) is 32.7 Å². The molecule has 0 amide bonds. The van der Waals surface area contributed by atoms with Crippen LogP contribution in [0.2, 0.25) is 0 Å².